The summed E-state index contributed by atoms with van der Waals surface area (Å²) >= 11 is 0. The summed E-state index contributed by atoms with van der Waals surface area (Å²) in [5.74, 6) is 0.744. The van der Waals surface area contributed by atoms with Crippen molar-refractivity contribution in [3.63, 3.8) is 0 Å². The van der Waals surface area contributed by atoms with Crippen molar-refractivity contribution in [2.75, 3.05) is 0 Å². The Morgan fingerprint density at radius 3 is 2.42 bits per heavy atom. The lowest BCUT2D eigenvalue weighted by Gasteiger charge is -2.33. The highest BCUT2D eigenvalue weighted by Gasteiger charge is 2.57. The van der Waals surface area contributed by atoms with Crippen molar-refractivity contribution in [2.24, 2.45) is 21.9 Å². The molecule has 2 saturated carbocycles. The lowest BCUT2D eigenvalue weighted by Crippen LogP contribution is -2.35. The largest absolute Gasteiger partial charge is 0.411 e. The van der Waals surface area contributed by atoms with Gasteiger partial charge in [0, 0.05) is 10.8 Å². The molecule has 1 N–H and O–H groups in total. The number of hydrogen-bond acceptors (Lipinski definition) is 2. The Hall–Kier alpha value is -0.530. The first-order valence-electron chi connectivity index (χ1n) is 4.74. The fourth-order valence-corrected chi connectivity index (χ4v) is 3.29. The predicted octanol–water partition coefficient (Wildman–Crippen LogP) is 2.66. The highest BCUT2D eigenvalue weighted by atomic mass is 16.4. The predicted molar refractivity (Wildman–Crippen MR) is 48.5 cm³/mol. The van der Waals surface area contributed by atoms with Gasteiger partial charge < -0.3 is 5.21 Å². The van der Waals surface area contributed by atoms with Crippen molar-refractivity contribution in [3.8, 4) is 0 Å². The molecule has 0 spiro atoms. The van der Waals surface area contributed by atoms with Gasteiger partial charge in [0.25, 0.3) is 0 Å². The van der Waals surface area contributed by atoms with E-state index in [0.29, 0.717) is 0 Å². The average Bonchev–Trinajstić information content (AvgIpc) is 2.39. The molecule has 2 heteroatoms. The van der Waals surface area contributed by atoms with E-state index >= 15 is 0 Å². The van der Waals surface area contributed by atoms with Crippen LogP contribution >= 0.6 is 0 Å². The van der Waals surface area contributed by atoms with Crippen molar-refractivity contribution < 1.29 is 5.21 Å². The van der Waals surface area contributed by atoms with E-state index in [1.807, 2.05) is 0 Å². The van der Waals surface area contributed by atoms with E-state index in [-0.39, 0.29) is 10.8 Å². The Morgan fingerprint density at radius 1 is 1.42 bits per heavy atom. The third kappa shape index (κ3) is 0.732. The molecule has 2 bridgehead atoms. The maximum absolute atomic E-state index is 8.98. The van der Waals surface area contributed by atoms with E-state index < -0.39 is 0 Å². The zero-order chi connectivity index (χ0) is 8.98. The molecule has 0 amide bonds. The first-order chi connectivity index (χ1) is 5.50. The van der Waals surface area contributed by atoms with E-state index in [1.54, 1.807) is 0 Å². The van der Waals surface area contributed by atoms with Gasteiger partial charge >= 0.3 is 0 Å². The van der Waals surface area contributed by atoms with Gasteiger partial charge in [0.15, 0.2) is 0 Å². The summed E-state index contributed by atoms with van der Waals surface area (Å²) in [7, 11) is 0. The summed E-state index contributed by atoms with van der Waals surface area (Å²) in [6.07, 6.45) is 3.74. The molecule has 0 radical (unpaired) electrons. The molecule has 2 aliphatic rings. The molecular weight excluding hydrogens is 150 g/mol. The van der Waals surface area contributed by atoms with Crippen LogP contribution in [0.25, 0.3) is 0 Å². The van der Waals surface area contributed by atoms with Crippen molar-refractivity contribution in [1.29, 1.82) is 0 Å². The van der Waals surface area contributed by atoms with Crippen LogP contribution in [0.5, 0.6) is 0 Å². The number of rotatable bonds is 0. The molecule has 2 fully saturated rings. The number of fused-ring (bicyclic) bond motifs is 2. The van der Waals surface area contributed by atoms with Crippen LogP contribution in [-0.4, -0.2) is 10.9 Å². The summed E-state index contributed by atoms with van der Waals surface area (Å²) in [6, 6.07) is 0. The Balaban J connectivity index is 2.45. The molecule has 12 heavy (non-hydrogen) atoms. The van der Waals surface area contributed by atoms with Gasteiger partial charge in [0.1, 0.15) is 0 Å². The maximum atomic E-state index is 8.98. The van der Waals surface area contributed by atoms with Crippen LogP contribution in [0.3, 0.4) is 0 Å². The Labute approximate surface area is 73.7 Å². The van der Waals surface area contributed by atoms with Gasteiger partial charge in [0.05, 0.1) is 5.71 Å². The molecule has 0 aliphatic heterocycles. The fourth-order valence-electron chi connectivity index (χ4n) is 3.29. The lowest BCUT2D eigenvalue weighted by molar-refractivity contribution is 0.279. The number of oxime groups is 1. The van der Waals surface area contributed by atoms with Crippen LogP contribution < -0.4 is 0 Å². The molecule has 0 aromatic carbocycles. The molecule has 0 aromatic heterocycles. The van der Waals surface area contributed by atoms with Gasteiger partial charge in [-0.05, 0) is 25.2 Å². The zero-order valence-electron chi connectivity index (χ0n) is 8.09. The molecule has 2 rings (SSSR count). The first kappa shape index (κ1) is 8.09. The smallest absolute Gasteiger partial charge is 0.0688 e. The third-order valence-corrected chi connectivity index (χ3v) is 4.04. The third-order valence-electron chi connectivity index (χ3n) is 4.04. The topological polar surface area (TPSA) is 32.6 Å². The van der Waals surface area contributed by atoms with Gasteiger partial charge in [-0.15, -0.1) is 0 Å². The molecular formula is C10H17NO. The second-order valence-electron chi connectivity index (χ2n) is 5.17. The van der Waals surface area contributed by atoms with E-state index in [2.05, 4.69) is 25.9 Å². The molecule has 2 nitrogen and oxygen atoms in total. The van der Waals surface area contributed by atoms with Gasteiger partial charge in [0.2, 0.25) is 0 Å². The van der Waals surface area contributed by atoms with E-state index in [1.165, 1.54) is 19.3 Å². The molecule has 68 valence electrons. The fraction of sp³-hybridized carbons (Fsp3) is 0.900. The number of nitrogens with zero attached hydrogens (tertiary/aromatic N) is 1. The SMILES string of the molecule is CC1(C)/C(=N/O)[C@@]2(C)CC[C@@H]1C2. The van der Waals surface area contributed by atoms with E-state index in [0.717, 1.165) is 11.6 Å². The minimum atomic E-state index is 0.141. The van der Waals surface area contributed by atoms with Crippen LogP contribution in [0.2, 0.25) is 0 Å². The zero-order valence-corrected chi connectivity index (χ0v) is 8.09. The molecule has 0 heterocycles. The molecule has 2 aliphatic carbocycles. The van der Waals surface area contributed by atoms with Gasteiger partial charge in [-0.25, -0.2) is 0 Å². The van der Waals surface area contributed by atoms with Crippen LogP contribution in [0.4, 0.5) is 0 Å². The van der Waals surface area contributed by atoms with Gasteiger partial charge in [-0.1, -0.05) is 25.9 Å². The molecule has 0 saturated heterocycles. The second-order valence-corrected chi connectivity index (χ2v) is 5.17. The highest BCUT2D eigenvalue weighted by Crippen LogP contribution is 2.60. The number of hydrogen-bond donors (Lipinski definition) is 1. The minimum absolute atomic E-state index is 0.141. The Morgan fingerprint density at radius 2 is 2.08 bits per heavy atom. The highest BCUT2D eigenvalue weighted by molar-refractivity contribution is 5.97. The van der Waals surface area contributed by atoms with Crippen LogP contribution in [0.15, 0.2) is 5.16 Å². The van der Waals surface area contributed by atoms with E-state index in [9.17, 15) is 0 Å². The van der Waals surface area contributed by atoms with Crippen LogP contribution in [0.1, 0.15) is 40.0 Å². The quantitative estimate of drug-likeness (QED) is 0.436. The van der Waals surface area contributed by atoms with Gasteiger partial charge in [-0.3, -0.25) is 0 Å². The standard InChI is InChI=1S/C10H17NO/c1-9(2)7-4-5-10(3,6-7)8(9)11-12/h7,12H,4-6H2,1-3H3/b11-8-/t7-,10+/m1/s1. The monoisotopic (exact) mass is 167 g/mol. The Kier molecular flexibility index (Phi) is 1.37. The van der Waals surface area contributed by atoms with Crippen molar-refractivity contribution in [2.45, 2.75) is 40.0 Å². The lowest BCUT2D eigenvalue weighted by atomic mass is 9.71. The average molecular weight is 167 g/mol. The second kappa shape index (κ2) is 2.04. The molecule has 0 aromatic rings. The molecule has 0 unspecified atom stereocenters. The van der Waals surface area contributed by atoms with E-state index in [4.69, 9.17) is 5.21 Å². The Bertz CT molecular complexity index is 237. The summed E-state index contributed by atoms with van der Waals surface area (Å²) in [4.78, 5) is 0. The van der Waals surface area contributed by atoms with Crippen LogP contribution in [-0.2, 0) is 0 Å². The molecule has 2 atom stereocenters. The van der Waals surface area contributed by atoms with Crippen LogP contribution in [0, 0.1) is 16.7 Å². The van der Waals surface area contributed by atoms with Crippen molar-refractivity contribution in [1.82, 2.24) is 0 Å². The van der Waals surface area contributed by atoms with Gasteiger partial charge in [-0.2, -0.15) is 0 Å². The van der Waals surface area contributed by atoms with Crippen molar-refractivity contribution >= 4 is 5.71 Å². The summed E-state index contributed by atoms with van der Waals surface area (Å²) < 4.78 is 0. The minimum Gasteiger partial charge on any atom is -0.411 e. The summed E-state index contributed by atoms with van der Waals surface area (Å²) in [5, 5.41) is 12.5. The normalized spacial score (nSPS) is 47.2. The maximum Gasteiger partial charge on any atom is 0.0688 e. The summed E-state index contributed by atoms with van der Waals surface area (Å²) in [5.41, 5.74) is 1.39. The van der Waals surface area contributed by atoms with Crippen molar-refractivity contribution in [3.05, 3.63) is 0 Å². The summed E-state index contributed by atoms with van der Waals surface area (Å²) in [6.45, 7) is 6.64. The first-order valence-corrected chi connectivity index (χ1v) is 4.74.